The van der Waals surface area contributed by atoms with Crippen molar-refractivity contribution in [2.75, 3.05) is 19.6 Å². The lowest BCUT2D eigenvalue weighted by atomic mass is 9.92. The van der Waals surface area contributed by atoms with Gasteiger partial charge in [-0.1, -0.05) is 19.1 Å². The number of fused-ring (bicyclic) bond motifs is 1. The van der Waals surface area contributed by atoms with Gasteiger partial charge >= 0.3 is 0 Å². The molecule has 4 rings (SSSR count). The topological polar surface area (TPSA) is 51.0 Å². The number of benzene rings is 1. The number of carbonyl (C=O) groups excluding carboxylic acids is 1. The fourth-order valence-electron chi connectivity index (χ4n) is 3.57. The minimum atomic E-state index is 0.177. The van der Waals surface area contributed by atoms with E-state index in [0.717, 1.165) is 53.2 Å². The van der Waals surface area contributed by atoms with E-state index in [1.165, 1.54) is 0 Å². The molecule has 1 aliphatic heterocycles. The second-order valence-corrected chi connectivity index (χ2v) is 7.18. The number of rotatable bonds is 5. The average molecular weight is 348 g/mol. The SMILES string of the molecule is CCN1CC(C(=O)Cc2cc3cc(-c4cnc(C)n4C)ccc3cn2)C1. The maximum absolute atomic E-state index is 12.4. The molecule has 5 heteroatoms. The number of nitrogens with zero attached hydrogens (tertiary/aromatic N) is 4. The third kappa shape index (κ3) is 3.03. The van der Waals surface area contributed by atoms with Gasteiger partial charge < -0.3 is 9.47 Å². The molecule has 3 heterocycles. The molecule has 0 aliphatic carbocycles. The molecule has 1 fully saturated rings. The summed E-state index contributed by atoms with van der Waals surface area (Å²) < 4.78 is 2.09. The predicted octanol–water partition coefficient (Wildman–Crippen LogP) is 3.01. The summed E-state index contributed by atoms with van der Waals surface area (Å²) in [5.74, 6) is 1.47. The van der Waals surface area contributed by atoms with E-state index >= 15 is 0 Å². The van der Waals surface area contributed by atoms with Gasteiger partial charge in [0.25, 0.3) is 0 Å². The lowest BCUT2D eigenvalue weighted by molar-refractivity contribution is -0.127. The molecule has 0 atom stereocenters. The minimum absolute atomic E-state index is 0.177. The summed E-state index contributed by atoms with van der Waals surface area (Å²) >= 11 is 0. The molecule has 3 aromatic rings. The standard InChI is InChI=1S/C21H24N4O/c1-4-25-12-18(13-25)21(26)9-19-8-17-7-15(5-6-16(17)10-23-19)20-11-22-14(2)24(20)3/h5-8,10-11,18H,4,9,12-13H2,1-3H3. The number of imidazole rings is 1. The van der Waals surface area contributed by atoms with Crippen LogP contribution in [0.1, 0.15) is 18.4 Å². The van der Waals surface area contributed by atoms with Crippen LogP contribution < -0.4 is 0 Å². The Bertz CT molecular complexity index is 969. The van der Waals surface area contributed by atoms with Crippen LogP contribution in [0.4, 0.5) is 0 Å². The Labute approximate surface area is 153 Å². The summed E-state index contributed by atoms with van der Waals surface area (Å²) in [7, 11) is 2.02. The second kappa shape index (κ2) is 6.65. The first-order valence-electron chi connectivity index (χ1n) is 9.17. The lowest BCUT2D eigenvalue weighted by Gasteiger charge is -2.37. The number of ketones is 1. The Hall–Kier alpha value is -2.53. The quantitative estimate of drug-likeness (QED) is 0.711. The molecule has 0 spiro atoms. The molecule has 134 valence electrons. The second-order valence-electron chi connectivity index (χ2n) is 7.18. The first kappa shape index (κ1) is 16.9. The predicted molar refractivity (Wildman–Crippen MR) is 103 cm³/mol. The van der Waals surface area contributed by atoms with Crippen molar-refractivity contribution in [1.82, 2.24) is 19.4 Å². The number of hydrogen-bond donors (Lipinski definition) is 0. The van der Waals surface area contributed by atoms with E-state index in [4.69, 9.17) is 0 Å². The number of likely N-dealkylation sites (tertiary alicyclic amines) is 1. The van der Waals surface area contributed by atoms with Crippen molar-refractivity contribution in [3.8, 4) is 11.3 Å². The fourth-order valence-corrected chi connectivity index (χ4v) is 3.57. The third-order valence-corrected chi connectivity index (χ3v) is 5.51. The summed E-state index contributed by atoms with van der Waals surface area (Å²) in [4.78, 5) is 23.6. The summed E-state index contributed by atoms with van der Waals surface area (Å²) in [5.41, 5.74) is 3.07. The Morgan fingerprint density at radius 3 is 2.65 bits per heavy atom. The van der Waals surface area contributed by atoms with E-state index in [1.54, 1.807) is 0 Å². The minimum Gasteiger partial charge on any atom is -0.331 e. The van der Waals surface area contributed by atoms with Gasteiger partial charge in [0.05, 0.1) is 11.9 Å². The van der Waals surface area contributed by atoms with Crippen LogP contribution in [0.2, 0.25) is 0 Å². The zero-order valence-corrected chi connectivity index (χ0v) is 15.6. The van der Waals surface area contributed by atoms with E-state index in [1.807, 2.05) is 26.4 Å². The Morgan fingerprint density at radius 1 is 1.15 bits per heavy atom. The van der Waals surface area contributed by atoms with Crippen molar-refractivity contribution in [2.45, 2.75) is 20.3 Å². The largest absolute Gasteiger partial charge is 0.331 e. The monoisotopic (exact) mass is 348 g/mol. The fraction of sp³-hybridized carbons (Fsp3) is 0.381. The molecule has 0 saturated carbocycles. The van der Waals surface area contributed by atoms with Crippen LogP contribution in [0.15, 0.2) is 36.7 Å². The van der Waals surface area contributed by atoms with Crippen LogP contribution in [0.3, 0.4) is 0 Å². The molecule has 1 aliphatic rings. The molecule has 0 bridgehead atoms. The summed E-state index contributed by atoms with van der Waals surface area (Å²) in [6, 6.07) is 8.38. The van der Waals surface area contributed by atoms with Gasteiger partial charge in [-0.15, -0.1) is 0 Å². The molecular formula is C21H24N4O. The highest BCUT2D eigenvalue weighted by Gasteiger charge is 2.31. The molecule has 0 N–H and O–H groups in total. The van der Waals surface area contributed by atoms with E-state index in [0.29, 0.717) is 12.2 Å². The van der Waals surface area contributed by atoms with Gasteiger partial charge in [-0.05, 0) is 31.0 Å². The summed E-state index contributed by atoms with van der Waals surface area (Å²) in [6.07, 6.45) is 4.20. The van der Waals surface area contributed by atoms with E-state index in [-0.39, 0.29) is 5.92 Å². The highest BCUT2D eigenvalue weighted by atomic mass is 16.1. The van der Waals surface area contributed by atoms with Crippen molar-refractivity contribution < 1.29 is 4.79 Å². The number of pyridine rings is 1. The van der Waals surface area contributed by atoms with Crippen LogP contribution in [0, 0.1) is 12.8 Å². The Morgan fingerprint density at radius 2 is 1.96 bits per heavy atom. The van der Waals surface area contributed by atoms with E-state index in [9.17, 15) is 4.79 Å². The van der Waals surface area contributed by atoms with Gasteiger partial charge in [-0.3, -0.25) is 9.78 Å². The van der Waals surface area contributed by atoms with Crippen LogP contribution in [0.25, 0.3) is 22.0 Å². The van der Waals surface area contributed by atoms with Gasteiger partial charge in [0.15, 0.2) is 0 Å². The molecule has 0 radical (unpaired) electrons. The Kier molecular flexibility index (Phi) is 4.32. The zero-order valence-electron chi connectivity index (χ0n) is 15.6. The number of aryl methyl sites for hydroxylation is 1. The van der Waals surface area contributed by atoms with Crippen molar-refractivity contribution >= 4 is 16.6 Å². The lowest BCUT2D eigenvalue weighted by Crippen LogP contribution is -2.50. The molecule has 1 aromatic carbocycles. The first-order valence-corrected chi connectivity index (χ1v) is 9.17. The average Bonchev–Trinajstić information content (AvgIpc) is 2.92. The van der Waals surface area contributed by atoms with Crippen molar-refractivity contribution in [1.29, 1.82) is 0 Å². The highest BCUT2D eigenvalue weighted by Crippen LogP contribution is 2.25. The van der Waals surface area contributed by atoms with Gasteiger partial charge in [0.1, 0.15) is 11.6 Å². The molecule has 0 unspecified atom stereocenters. The number of Topliss-reactive ketones (excluding diaryl/α,β-unsaturated/α-hetero) is 1. The maximum Gasteiger partial charge on any atom is 0.144 e. The molecule has 1 saturated heterocycles. The summed E-state index contributed by atoms with van der Waals surface area (Å²) in [5, 5.41) is 2.20. The van der Waals surface area contributed by atoms with Crippen molar-refractivity contribution in [2.24, 2.45) is 13.0 Å². The van der Waals surface area contributed by atoms with Crippen molar-refractivity contribution in [3.05, 3.63) is 48.2 Å². The number of aromatic nitrogens is 3. The number of carbonyl (C=O) groups is 1. The van der Waals surface area contributed by atoms with E-state index in [2.05, 4.69) is 50.6 Å². The molecule has 0 amide bonds. The molecule has 26 heavy (non-hydrogen) atoms. The summed E-state index contributed by atoms with van der Waals surface area (Å²) in [6.45, 7) is 6.94. The third-order valence-electron chi connectivity index (χ3n) is 5.51. The van der Waals surface area contributed by atoms with E-state index < -0.39 is 0 Å². The maximum atomic E-state index is 12.4. The van der Waals surface area contributed by atoms with Crippen LogP contribution in [-0.2, 0) is 18.3 Å². The molecular weight excluding hydrogens is 324 g/mol. The van der Waals surface area contributed by atoms with Crippen molar-refractivity contribution in [3.63, 3.8) is 0 Å². The van der Waals surface area contributed by atoms with Gasteiger partial charge in [0, 0.05) is 55.3 Å². The number of hydrogen-bond acceptors (Lipinski definition) is 4. The van der Waals surface area contributed by atoms with Crippen LogP contribution >= 0.6 is 0 Å². The molecule has 2 aromatic heterocycles. The molecule has 5 nitrogen and oxygen atoms in total. The first-order chi connectivity index (χ1) is 12.5. The van der Waals surface area contributed by atoms with Gasteiger partial charge in [-0.2, -0.15) is 0 Å². The van der Waals surface area contributed by atoms with Crippen LogP contribution in [0.5, 0.6) is 0 Å². The smallest absolute Gasteiger partial charge is 0.144 e. The normalized spacial score (nSPS) is 15.3. The van der Waals surface area contributed by atoms with Crippen LogP contribution in [-0.4, -0.2) is 44.9 Å². The van der Waals surface area contributed by atoms with Gasteiger partial charge in [0.2, 0.25) is 0 Å². The van der Waals surface area contributed by atoms with Gasteiger partial charge in [-0.25, -0.2) is 4.98 Å². The highest BCUT2D eigenvalue weighted by molar-refractivity contribution is 5.88. The Balaban J connectivity index is 1.58. The zero-order chi connectivity index (χ0) is 18.3.